The molecule has 0 aliphatic carbocycles. The van der Waals surface area contributed by atoms with Crippen LogP contribution >= 0.6 is 7.82 Å². The first-order chi connectivity index (χ1) is 36.4. The zero-order valence-corrected chi connectivity index (χ0v) is 50.9. The number of amides is 1. The maximum atomic E-state index is 13.5. The van der Waals surface area contributed by atoms with Crippen molar-refractivity contribution in [3.63, 3.8) is 0 Å². The third kappa shape index (κ3) is 56.2. The number of phosphoric ester groups is 1. The first kappa shape index (κ1) is 72.7. The van der Waals surface area contributed by atoms with Crippen molar-refractivity contribution >= 4 is 19.7 Å². The third-order valence-corrected chi connectivity index (χ3v) is 14.9. The minimum atomic E-state index is -4.45. The van der Waals surface area contributed by atoms with Crippen LogP contribution in [0.1, 0.15) is 290 Å². The Balaban J connectivity index is 5.19. The molecule has 1 amide bonds. The number of carbonyl (C=O) groups excluding carboxylic acids is 2. The van der Waals surface area contributed by atoms with Gasteiger partial charge in [-0.15, -0.1) is 0 Å². The van der Waals surface area contributed by atoms with E-state index in [1.165, 1.54) is 173 Å². The number of carbonyl (C=O) groups is 2. The lowest BCUT2D eigenvalue weighted by molar-refractivity contribution is -0.870. The van der Waals surface area contributed by atoms with Crippen LogP contribution in [0.3, 0.4) is 0 Å². The molecule has 10 heteroatoms. The summed E-state index contributed by atoms with van der Waals surface area (Å²) >= 11 is 0. The predicted molar refractivity (Wildman–Crippen MR) is 323 cm³/mol. The molecular formula is C65H122N2O7P+. The molecule has 0 aromatic carbocycles. The van der Waals surface area contributed by atoms with Crippen molar-refractivity contribution in [2.75, 3.05) is 40.9 Å². The summed E-state index contributed by atoms with van der Waals surface area (Å²) < 4.78 is 30.7. The first-order valence-corrected chi connectivity index (χ1v) is 33.1. The maximum absolute atomic E-state index is 13.5. The van der Waals surface area contributed by atoms with Crippen LogP contribution in [-0.4, -0.2) is 74.3 Å². The second kappa shape index (κ2) is 55.0. The quantitative estimate of drug-likeness (QED) is 0.0205. The van der Waals surface area contributed by atoms with Gasteiger partial charge in [-0.2, -0.15) is 0 Å². The lowest BCUT2D eigenvalue weighted by Crippen LogP contribution is -2.47. The molecule has 438 valence electrons. The van der Waals surface area contributed by atoms with E-state index >= 15 is 0 Å². The van der Waals surface area contributed by atoms with Crippen molar-refractivity contribution in [1.82, 2.24) is 5.32 Å². The van der Waals surface area contributed by atoms with Gasteiger partial charge in [-0.05, 0) is 96.0 Å². The van der Waals surface area contributed by atoms with E-state index < -0.39 is 20.0 Å². The summed E-state index contributed by atoms with van der Waals surface area (Å²) in [6.45, 7) is 6.98. The zero-order chi connectivity index (χ0) is 55.0. The Morgan fingerprint density at radius 2 is 0.813 bits per heavy atom. The number of phosphoric acid groups is 1. The number of nitrogens with zero attached hydrogens (tertiary/aromatic N) is 1. The number of esters is 1. The summed E-state index contributed by atoms with van der Waals surface area (Å²) in [6.07, 6.45) is 69.3. The van der Waals surface area contributed by atoms with Crippen LogP contribution in [0, 0.1) is 0 Å². The van der Waals surface area contributed by atoms with Gasteiger partial charge in [0, 0.05) is 12.8 Å². The molecule has 9 nitrogen and oxygen atoms in total. The van der Waals surface area contributed by atoms with Crippen LogP contribution < -0.4 is 5.32 Å². The third-order valence-electron chi connectivity index (χ3n) is 13.9. The number of allylic oxidation sites excluding steroid dienone is 9. The fraction of sp³-hybridized carbons (Fsp3) is 0.815. The average molecular weight is 1070 g/mol. The lowest BCUT2D eigenvalue weighted by Gasteiger charge is -2.27. The highest BCUT2D eigenvalue weighted by molar-refractivity contribution is 7.47. The number of quaternary nitrogens is 1. The Morgan fingerprint density at radius 1 is 0.467 bits per heavy atom. The summed E-state index contributed by atoms with van der Waals surface area (Å²) in [5.74, 6) is -0.523. The highest BCUT2D eigenvalue weighted by Crippen LogP contribution is 2.43. The van der Waals surface area contributed by atoms with E-state index in [2.05, 4.69) is 74.7 Å². The molecular weight excluding hydrogens is 952 g/mol. The molecule has 2 N–H and O–H groups in total. The highest BCUT2D eigenvalue weighted by Gasteiger charge is 2.30. The van der Waals surface area contributed by atoms with E-state index in [1.54, 1.807) is 0 Å². The number of likely N-dealkylation sites (N-methyl/N-ethyl adjacent to an activating group) is 1. The minimum Gasteiger partial charge on any atom is -0.456 e. The van der Waals surface area contributed by atoms with Crippen LogP contribution in [0.5, 0.6) is 0 Å². The zero-order valence-electron chi connectivity index (χ0n) is 50.0. The molecule has 0 saturated heterocycles. The molecule has 0 heterocycles. The molecule has 0 bridgehead atoms. The van der Waals surface area contributed by atoms with Gasteiger partial charge in [0.15, 0.2) is 0 Å². The van der Waals surface area contributed by atoms with Crippen LogP contribution in [0.4, 0.5) is 0 Å². The van der Waals surface area contributed by atoms with Gasteiger partial charge >= 0.3 is 13.8 Å². The summed E-state index contributed by atoms with van der Waals surface area (Å²) in [4.78, 5) is 37.7. The van der Waals surface area contributed by atoms with Crippen LogP contribution in [0.25, 0.3) is 0 Å². The van der Waals surface area contributed by atoms with E-state index in [9.17, 15) is 19.0 Å². The molecule has 0 aromatic rings. The number of nitrogens with one attached hydrogen (secondary N) is 1. The number of ether oxygens (including phenoxy) is 1. The molecule has 75 heavy (non-hydrogen) atoms. The van der Waals surface area contributed by atoms with E-state index in [0.29, 0.717) is 17.4 Å². The molecule has 0 aliphatic heterocycles. The monoisotopic (exact) mass is 1070 g/mol. The summed E-state index contributed by atoms with van der Waals surface area (Å²) in [5, 5.41) is 3.05. The van der Waals surface area contributed by atoms with Gasteiger partial charge in [0.1, 0.15) is 19.3 Å². The van der Waals surface area contributed by atoms with Crippen molar-refractivity contribution < 1.29 is 37.3 Å². The largest absolute Gasteiger partial charge is 0.472 e. The lowest BCUT2D eigenvalue weighted by atomic mass is 10.0. The van der Waals surface area contributed by atoms with Crippen molar-refractivity contribution in [3.05, 3.63) is 60.8 Å². The van der Waals surface area contributed by atoms with E-state index in [0.717, 1.165) is 83.5 Å². The Labute approximate surface area is 464 Å². The molecule has 0 radical (unpaired) electrons. The van der Waals surface area contributed by atoms with E-state index in [4.69, 9.17) is 13.8 Å². The van der Waals surface area contributed by atoms with Gasteiger partial charge in [0.2, 0.25) is 5.91 Å². The van der Waals surface area contributed by atoms with Crippen LogP contribution in [0.15, 0.2) is 60.8 Å². The Morgan fingerprint density at radius 3 is 1.27 bits per heavy atom. The molecule has 0 aromatic heterocycles. The summed E-state index contributed by atoms with van der Waals surface area (Å²) in [6, 6.07) is -0.858. The molecule has 0 aliphatic rings. The highest BCUT2D eigenvalue weighted by atomic mass is 31.2. The maximum Gasteiger partial charge on any atom is 0.472 e. The molecule has 0 fully saturated rings. The van der Waals surface area contributed by atoms with Crippen LogP contribution in [-0.2, 0) is 27.9 Å². The Kier molecular flexibility index (Phi) is 53.4. The minimum absolute atomic E-state index is 0.0363. The van der Waals surface area contributed by atoms with Crippen molar-refractivity contribution in [1.29, 1.82) is 0 Å². The Bertz CT molecular complexity index is 1470. The number of unbranched alkanes of at least 4 members (excludes halogenated alkanes) is 33. The second-order valence-electron chi connectivity index (χ2n) is 22.6. The van der Waals surface area contributed by atoms with Gasteiger partial charge < -0.3 is 19.4 Å². The van der Waals surface area contributed by atoms with Gasteiger partial charge in [0.25, 0.3) is 0 Å². The molecule has 0 rings (SSSR count). The average Bonchev–Trinajstić information content (AvgIpc) is 3.37. The number of hydrogen-bond acceptors (Lipinski definition) is 6. The fourth-order valence-electron chi connectivity index (χ4n) is 9.00. The summed E-state index contributed by atoms with van der Waals surface area (Å²) in [5.41, 5.74) is 0. The van der Waals surface area contributed by atoms with Crippen molar-refractivity contribution in [2.45, 2.75) is 303 Å². The SMILES string of the molecule is CCCCC/C=C\C/C=C\C/C=C\CCCCCCCCCCCCC(=O)OC(/C=C\CCCCCCCCCCCC)C(COP(=O)(O)OCC[N+](C)(C)C)NC(=O)CCCCC/C=C\CCCCCCCCC. The van der Waals surface area contributed by atoms with E-state index in [-0.39, 0.29) is 31.5 Å². The van der Waals surface area contributed by atoms with Crippen molar-refractivity contribution in [3.8, 4) is 0 Å². The Hall–Kier alpha value is -2.29. The standard InChI is InChI=1S/C65H121N2O7P/c1-7-10-13-16-19-22-25-28-30-31-32-33-34-35-36-37-38-40-43-46-49-52-55-58-65(69)74-63(56-53-50-47-44-41-27-24-21-18-15-12-9-3)62(61-73-75(70,71)72-60-59-67(4,5)6)66-64(68)57-54-51-48-45-42-39-29-26-23-20-17-14-11-8-2/h19,22,28,30,32-33,39,42,53,56,62-63H,7-18,20-21,23-27,29,31,34-38,40-41,43-52,54-55,57-61H2,1-6H3,(H-,66,68,70,71)/p+1/b22-19-,30-28-,33-32-,42-39-,56-53-. The summed E-state index contributed by atoms with van der Waals surface area (Å²) in [7, 11) is 1.49. The topological polar surface area (TPSA) is 111 Å². The number of hydrogen-bond donors (Lipinski definition) is 2. The molecule has 0 spiro atoms. The van der Waals surface area contributed by atoms with Gasteiger partial charge in [-0.25, -0.2) is 4.57 Å². The molecule has 3 atom stereocenters. The first-order valence-electron chi connectivity index (χ1n) is 31.6. The van der Waals surface area contributed by atoms with Gasteiger partial charge in [-0.3, -0.25) is 18.6 Å². The van der Waals surface area contributed by atoms with E-state index in [1.807, 2.05) is 33.3 Å². The van der Waals surface area contributed by atoms with Gasteiger partial charge in [0.05, 0.1) is 33.8 Å². The predicted octanol–water partition coefficient (Wildman–Crippen LogP) is 19.4. The van der Waals surface area contributed by atoms with Crippen molar-refractivity contribution in [2.24, 2.45) is 0 Å². The smallest absolute Gasteiger partial charge is 0.456 e. The molecule has 0 saturated carbocycles. The van der Waals surface area contributed by atoms with Gasteiger partial charge in [-0.1, -0.05) is 242 Å². The fourth-order valence-corrected chi connectivity index (χ4v) is 9.74. The molecule has 3 unspecified atom stereocenters. The second-order valence-corrected chi connectivity index (χ2v) is 24.0. The number of rotatable bonds is 57. The van der Waals surface area contributed by atoms with Crippen LogP contribution in [0.2, 0.25) is 0 Å². The normalized spacial score (nSPS) is 14.1.